The Morgan fingerprint density at radius 3 is 2.72 bits per heavy atom. The maximum atomic E-state index is 11.0. The largest absolute Gasteiger partial charge is 0.478 e. The van der Waals surface area contributed by atoms with Crippen LogP contribution in [0.4, 0.5) is 5.82 Å². The van der Waals surface area contributed by atoms with Gasteiger partial charge in [-0.05, 0) is 31.5 Å². The van der Waals surface area contributed by atoms with Crippen molar-refractivity contribution < 1.29 is 9.90 Å². The van der Waals surface area contributed by atoms with Gasteiger partial charge in [-0.1, -0.05) is 12.1 Å². The molecule has 2 aromatic heterocycles. The molecule has 0 radical (unpaired) electrons. The first-order valence-corrected chi connectivity index (χ1v) is 7.84. The van der Waals surface area contributed by atoms with Crippen LogP contribution in [0, 0.1) is 0 Å². The topological polar surface area (TPSA) is 106 Å². The van der Waals surface area contributed by atoms with E-state index in [0.717, 1.165) is 42.0 Å². The third kappa shape index (κ3) is 2.94. The maximum Gasteiger partial charge on any atom is 0.335 e. The summed E-state index contributed by atoms with van der Waals surface area (Å²) in [6.45, 7) is 0.975. The second kappa shape index (κ2) is 6.73. The summed E-state index contributed by atoms with van der Waals surface area (Å²) >= 11 is 0. The van der Waals surface area contributed by atoms with Gasteiger partial charge in [0.2, 0.25) is 0 Å². The number of benzene rings is 1. The van der Waals surface area contributed by atoms with E-state index < -0.39 is 5.97 Å². The minimum Gasteiger partial charge on any atom is -0.478 e. The summed E-state index contributed by atoms with van der Waals surface area (Å²) in [4.78, 5) is 20.0. The van der Waals surface area contributed by atoms with Gasteiger partial charge in [0, 0.05) is 18.0 Å². The van der Waals surface area contributed by atoms with Crippen LogP contribution in [0.3, 0.4) is 0 Å². The summed E-state index contributed by atoms with van der Waals surface area (Å²) in [5.74, 6) is 0.369. The maximum absolute atomic E-state index is 11.0. The summed E-state index contributed by atoms with van der Waals surface area (Å²) in [5, 5.41) is 12.5. The number of anilines is 1. The zero-order valence-electron chi connectivity index (χ0n) is 13.4. The zero-order chi connectivity index (χ0) is 16.7. The molecule has 1 aliphatic heterocycles. The lowest BCUT2D eigenvalue weighted by Crippen LogP contribution is -2.15. The van der Waals surface area contributed by atoms with Crippen molar-refractivity contribution in [2.45, 2.75) is 18.9 Å². The highest BCUT2D eigenvalue weighted by molar-refractivity contribution is 7.59. The lowest BCUT2D eigenvalue weighted by molar-refractivity contribution is 0.0697. The summed E-state index contributed by atoms with van der Waals surface area (Å²) in [5.41, 5.74) is 8.64. The van der Waals surface area contributed by atoms with Gasteiger partial charge in [0.25, 0.3) is 0 Å². The lowest BCUT2D eigenvalue weighted by Gasteiger charge is -2.08. The molecule has 0 spiro atoms. The van der Waals surface area contributed by atoms with Gasteiger partial charge in [-0.3, -0.25) is 4.40 Å². The van der Waals surface area contributed by atoms with E-state index in [-0.39, 0.29) is 25.1 Å². The van der Waals surface area contributed by atoms with Crippen molar-refractivity contribution in [2.75, 3.05) is 12.3 Å². The highest BCUT2D eigenvalue weighted by atomic mass is 32.1. The number of fused-ring (bicyclic) bond motifs is 1. The van der Waals surface area contributed by atoms with E-state index in [0.29, 0.717) is 5.82 Å². The molecule has 8 heteroatoms. The number of nitrogens with two attached hydrogens (primary N) is 1. The van der Waals surface area contributed by atoms with Gasteiger partial charge in [-0.25, -0.2) is 14.8 Å². The molecular weight excluding hydrogens is 338 g/mol. The SMILES string of the molecule is Nc1nccn2c([C@@H]3CCCN3)nc(-c3ccc(C(=O)O)cc3)c12.S. The number of carboxylic acid groups (broad SMARTS) is 1. The minimum absolute atomic E-state index is 0. The number of imidazole rings is 1. The molecule has 0 aliphatic carbocycles. The Labute approximate surface area is 151 Å². The van der Waals surface area contributed by atoms with Gasteiger partial charge in [0.1, 0.15) is 22.9 Å². The molecule has 4 N–H and O–H groups in total. The number of carboxylic acids is 1. The molecule has 3 heterocycles. The number of nitrogens with one attached hydrogen (secondary N) is 1. The first-order chi connectivity index (χ1) is 11.6. The van der Waals surface area contributed by atoms with Gasteiger partial charge >= 0.3 is 5.97 Å². The molecule has 0 unspecified atom stereocenters. The number of rotatable bonds is 3. The second-order valence-corrected chi connectivity index (χ2v) is 5.88. The van der Waals surface area contributed by atoms with Crippen LogP contribution in [0.2, 0.25) is 0 Å². The van der Waals surface area contributed by atoms with E-state index in [1.165, 1.54) is 0 Å². The zero-order valence-corrected chi connectivity index (χ0v) is 14.4. The van der Waals surface area contributed by atoms with E-state index in [9.17, 15) is 4.79 Å². The molecule has 0 amide bonds. The van der Waals surface area contributed by atoms with Crippen molar-refractivity contribution in [2.24, 2.45) is 0 Å². The number of aromatic carboxylic acids is 1. The van der Waals surface area contributed by atoms with Crippen molar-refractivity contribution in [3.63, 3.8) is 0 Å². The highest BCUT2D eigenvalue weighted by Gasteiger charge is 2.24. The van der Waals surface area contributed by atoms with E-state index >= 15 is 0 Å². The van der Waals surface area contributed by atoms with Gasteiger partial charge in [0.05, 0.1) is 11.6 Å². The van der Waals surface area contributed by atoms with Crippen LogP contribution in [-0.2, 0) is 0 Å². The monoisotopic (exact) mass is 357 g/mol. The molecule has 1 atom stereocenters. The number of carbonyl (C=O) groups is 1. The Morgan fingerprint density at radius 2 is 2.08 bits per heavy atom. The molecule has 1 aliphatic rings. The average Bonchev–Trinajstić information content (AvgIpc) is 3.23. The average molecular weight is 357 g/mol. The Hall–Kier alpha value is -2.58. The second-order valence-electron chi connectivity index (χ2n) is 5.88. The van der Waals surface area contributed by atoms with Gasteiger partial charge in [-0.15, -0.1) is 0 Å². The van der Waals surface area contributed by atoms with Gasteiger partial charge in [-0.2, -0.15) is 13.5 Å². The molecule has 0 saturated carbocycles. The highest BCUT2D eigenvalue weighted by Crippen LogP contribution is 2.32. The predicted octanol–water partition coefficient (Wildman–Crippen LogP) is 2.21. The first-order valence-electron chi connectivity index (χ1n) is 7.84. The fourth-order valence-corrected chi connectivity index (χ4v) is 3.21. The molecule has 1 saturated heterocycles. The fourth-order valence-electron chi connectivity index (χ4n) is 3.21. The Morgan fingerprint density at radius 1 is 1.32 bits per heavy atom. The molecule has 1 aromatic carbocycles. The summed E-state index contributed by atoms with van der Waals surface area (Å²) in [7, 11) is 0. The number of nitrogen functional groups attached to an aromatic ring is 1. The van der Waals surface area contributed by atoms with Crippen molar-refractivity contribution in [1.82, 2.24) is 19.7 Å². The molecular formula is C17H19N5O2S. The van der Waals surface area contributed by atoms with Crippen molar-refractivity contribution in [1.29, 1.82) is 0 Å². The molecule has 7 nitrogen and oxygen atoms in total. The van der Waals surface area contributed by atoms with Crippen LogP contribution in [0.1, 0.15) is 35.1 Å². The third-order valence-electron chi connectivity index (χ3n) is 4.39. The molecule has 3 aromatic rings. The summed E-state index contributed by atoms with van der Waals surface area (Å²) < 4.78 is 1.98. The number of aromatic nitrogens is 3. The van der Waals surface area contributed by atoms with Crippen LogP contribution in [0.25, 0.3) is 16.8 Å². The van der Waals surface area contributed by atoms with Crippen molar-refractivity contribution >= 4 is 30.8 Å². The molecule has 0 bridgehead atoms. The van der Waals surface area contributed by atoms with Crippen LogP contribution >= 0.6 is 13.5 Å². The van der Waals surface area contributed by atoms with Crippen LogP contribution in [-0.4, -0.2) is 32.0 Å². The number of nitrogens with zero attached hydrogens (tertiary/aromatic N) is 3. The molecule has 130 valence electrons. The third-order valence-corrected chi connectivity index (χ3v) is 4.39. The lowest BCUT2D eigenvalue weighted by atomic mass is 10.1. The van der Waals surface area contributed by atoms with Crippen LogP contribution in [0.5, 0.6) is 0 Å². The molecule has 25 heavy (non-hydrogen) atoms. The Balaban J connectivity index is 0.00000182. The molecule has 1 fully saturated rings. The quantitative estimate of drug-likeness (QED) is 0.664. The summed E-state index contributed by atoms with van der Waals surface area (Å²) in [6, 6.07) is 6.84. The predicted molar refractivity (Wildman–Crippen MR) is 100 cm³/mol. The van der Waals surface area contributed by atoms with Crippen molar-refractivity contribution in [3.8, 4) is 11.3 Å². The molecule has 4 rings (SSSR count). The fraction of sp³-hybridized carbons (Fsp3) is 0.235. The van der Waals surface area contributed by atoms with E-state index in [2.05, 4.69) is 10.3 Å². The van der Waals surface area contributed by atoms with Gasteiger partial charge < -0.3 is 16.2 Å². The van der Waals surface area contributed by atoms with Crippen LogP contribution in [0.15, 0.2) is 36.7 Å². The van der Waals surface area contributed by atoms with E-state index in [4.69, 9.17) is 15.8 Å². The smallest absolute Gasteiger partial charge is 0.335 e. The minimum atomic E-state index is -0.951. The normalized spacial score (nSPS) is 16.7. The Kier molecular flexibility index (Phi) is 4.65. The first kappa shape index (κ1) is 17.2. The Bertz CT molecular complexity index is 917. The van der Waals surface area contributed by atoms with Gasteiger partial charge in [0.15, 0.2) is 0 Å². The van der Waals surface area contributed by atoms with Crippen molar-refractivity contribution in [3.05, 3.63) is 48.0 Å². The summed E-state index contributed by atoms with van der Waals surface area (Å²) in [6.07, 6.45) is 5.67. The van der Waals surface area contributed by atoms with E-state index in [1.807, 2.05) is 10.6 Å². The standard InChI is InChI=1S/C17H17N5O2.H2S/c18-15-14-13(10-3-5-11(6-4-10)17(23)24)21-16(12-2-1-7-19-12)22(14)9-8-20-15;/h3-6,8-9,12,19H,1-2,7H2,(H2,18,20)(H,23,24);1H2/t12-;/m0./s1. The number of hydrogen-bond donors (Lipinski definition) is 3. The van der Waals surface area contributed by atoms with Crippen LogP contribution < -0.4 is 11.1 Å². The number of hydrogen-bond acceptors (Lipinski definition) is 5. The van der Waals surface area contributed by atoms with E-state index in [1.54, 1.807) is 30.5 Å².